The van der Waals surface area contributed by atoms with Gasteiger partial charge in [-0.15, -0.1) is 0 Å². The fourth-order valence-corrected chi connectivity index (χ4v) is 1.87. The van der Waals surface area contributed by atoms with E-state index in [9.17, 15) is 9.59 Å². The molecule has 0 saturated heterocycles. The summed E-state index contributed by atoms with van der Waals surface area (Å²) in [7, 11) is 1.76. The average Bonchev–Trinajstić information content (AvgIpc) is 2.44. The first kappa shape index (κ1) is 16.0. The van der Waals surface area contributed by atoms with Crippen molar-refractivity contribution in [1.82, 2.24) is 10.2 Å². The average molecular weight is 277 g/mol. The largest absolute Gasteiger partial charge is 0.399 e. The zero-order valence-corrected chi connectivity index (χ0v) is 12.3. The monoisotopic (exact) mass is 277 g/mol. The van der Waals surface area contributed by atoms with Crippen molar-refractivity contribution in [2.24, 2.45) is 0 Å². The number of likely N-dealkylation sites (N-methyl/N-ethyl adjacent to an activating group) is 1. The topological polar surface area (TPSA) is 75.4 Å². The third-order valence-electron chi connectivity index (χ3n) is 3.33. The Bertz CT molecular complexity index is 457. The van der Waals surface area contributed by atoms with Crippen LogP contribution < -0.4 is 11.1 Å². The van der Waals surface area contributed by atoms with Crippen LogP contribution in [0.15, 0.2) is 24.3 Å². The van der Waals surface area contributed by atoms with Crippen LogP contribution >= 0.6 is 0 Å². The number of hydrogen-bond acceptors (Lipinski definition) is 3. The molecule has 20 heavy (non-hydrogen) atoms. The SMILES string of the molecule is CCCC(C)N(C)C(=O)CNC(=O)c1ccc(N)cc1. The van der Waals surface area contributed by atoms with E-state index in [1.54, 1.807) is 36.2 Å². The summed E-state index contributed by atoms with van der Waals surface area (Å²) in [5, 5.41) is 2.63. The van der Waals surface area contributed by atoms with Gasteiger partial charge in [0.25, 0.3) is 5.91 Å². The summed E-state index contributed by atoms with van der Waals surface area (Å²) in [5.74, 6) is -0.357. The summed E-state index contributed by atoms with van der Waals surface area (Å²) in [4.78, 5) is 25.5. The Morgan fingerprint density at radius 1 is 1.30 bits per heavy atom. The van der Waals surface area contributed by atoms with Crippen LogP contribution in [0.25, 0.3) is 0 Å². The highest BCUT2D eigenvalue weighted by molar-refractivity contribution is 5.96. The van der Waals surface area contributed by atoms with E-state index >= 15 is 0 Å². The predicted molar refractivity (Wildman–Crippen MR) is 80.3 cm³/mol. The number of anilines is 1. The van der Waals surface area contributed by atoms with Crippen molar-refractivity contribution in [2.45, 2.75) is 32.7 Å². The van der Waals surface area contributed by atoms with Gasteiger partial charge in [-0.3, -0.25) is 9.59 Å². The Morgan fingerprint density at radius 2 is 1.90 bits per heavy atom. The molecule has 0 heterocycles. The number of benzene rings is 1. The molecule has 5 heteroatoms. The lowest BCUT2D eigenvalue weighted by molar-refractivity contribution is -0.130. The van der Waals surface area contributed by atoms with E-state index in [4.69, 9.17) is 5.73 Å². The van der Waals surface area contributed by atoms with Crippen LogP contribution in [0.1, 0.15) is 37.0 Å². The van der Waals surface area contributed by atoms with Crippen LogP contribution in [0, 0.1) is 0 Å². The minimum Gasteiger partial charge on any atom is -0.399 e. The molecule has 0 bridgehead atoms. The van der Waals surface area contributed by atoms with E-state index in [-0.39, 0.29) is 24.4 Å². The van der Waals surface area contributed by atoms with Gasteiger partial charge in [0.1, 0.15) is 0 Å². The highest BCUT2D eigenvalue weighted by Gasteiger charge is 2.15. The molecule has 1 atom stereocenters. The second kappa shape index (κ2) is 7.53. The predicted octanol–water partition coefficient (Wildman–Crippen LogP) is 1.65. The third-order valence-corrected chi connectivity index (χ3v) is 3.33. The van der Waals surface area contributed by atoms with Gasteiger partial charge in [0.15, 0.2) is 0 Å². The van der Waals surface area contributed by atoms with Crippen molar-refractivity contribution < 1.29 is 9.59 Å². The van der Waals surface area contributed by atoms with E-state index < -0.39 is 0 Å². The summed E-state index contributed by atoms with van der Waals surface area (Å²) < 4.78 is 0. The van der Waals surface area contributed by atoms with Gasteiger partial charge in [-0.1, -0.05) is 13.3 Å². The van der Waals surface area contributed by atoms with Gasteiger partial charge < -0.3 is 16.0 Å². The number of carbonyl (C=O) groups is 2. The summed E-state index contributed by atoms with van der Waals surface area (Å²) >= 11 is 0. The molecule has 0 aliphatic heterocycles. The zero-order valence-electron chi connectivity index (χ0n) is 12.3. The maximum absolute atomic E-state index is 11.9. The van der Waals surface area contributed by atoms with E-state index in [0.29, 0.717) is 11.3 Å². The first-order chi connectivity index (χ1) is 9.45. The van der Waals surface area contributed by atoms with Crippen LogP contribution in [-0.2, 0) is 4.79 Å². The first-order valence-corrected chi connectivity index (χ1v) is 6.85. The molecule has 0 radical (unpaired) electrons. The lowest BCUT2D eigenvalue weighted by atomic mass is 10.1. The fraction of sp³-hybridized carbons (Fsp3) is 0.467. The van der Waals surface area contributed by atoms with E-state index in [1.807, 2.05) is 6.92 Å². The minimum absolute atomic E-state index is 0.00770. The fourth-order valence-electron chi connectivity index (χ4n) is 1.87. The van der Waals surface area contributed by atoms with Gasteiger partial charge in [0.2, 0.25) is 5.91 Å². The highest BCUT2D eigenvalue weighted by atomic mass is 16.2. The van der Waals surface area contributed by atoms with Gasteiger partial charge in [0.05, 0.1) is 6.54 Å². The molecule has 3 N–H and O–H groups in total. The van der Waals surface area contributed by atoms with Crippen molar-refractivity contribution in [3.63, 3.8) is 0 Å². The lowest BCUT2D eigenvalue weighted by Crippen LogP contribution is -2.42. The molecule has 0 aromatic heterocycles. The second-order valence-electron chi connectivity index (χ2n) is 4.95. The molecule has 0 aliphatic rings. The Kier molecular flexibility index (Phi) is 6.03. The maximum Gasteiger partial charge on any atom is 0.251 e. The van der Waals surface area contributed by atoms with Crippen molar-refractivity contribution in [2.75, 3.05) is 19.3 Å². The molecule has 0 aliphatic carbocycles. The van der Waals surface area contributed by atoms with E-state index in [1.165, 1.54) is 0 Å². The summed E-state index contributed by atoms with van der Waals surface area (Å²) in [5.41, 5.74) is 6.66. The number of amides is 2. The van der Waals surface area contributed by atoms with Gasteiger partial charge in [-0.05, 0) is 37.6 Å². The van der Waals surface area contributed by atoms with E-state index in [0.717, 1.165) is 12.8 Å². The quantitative estimate of drug-likeness (QED) is 0.776. The molecule has 0 fully saturated rings. The summed E-state index contributed by atoms with van der Waals surface area (Å²) in [6.45, 7) is 4.09. The Morgan fingerprint density at radius 3 is 2.45 bits per heavy atom. The Labute approximate surface area is 120 Å². The van der Waals surface area contributed by atoms with Gasteiger partial charge in [-0.25, -0.2) is 0 Å². The van der Waals surface area contributed by atoms with Crippen LogP contribution in [0.5, 0.6) is 0 Å². The number of nitrogens with zero attached hydrogens (tertiary/aromatic N) is 1. The first-order valence-electron chi connectivity index (χ1n) is 6.85. The standard InChI is InChI=1S/C15H23N3O2/c1-4-5-11(2)18(3)14(19)10-17-15(20)12-6-8-13(16)9-7-12/h6-9,11H,4-5,10,16H2,1-3H3,(H,17,20). The molecule has 0 saturated carbocycles. The van der Waals surface area contributed by atoms with Gasteiger partial charge >= 0.3 is 0 Å². The number of carbonyl (C=O) groups excluding carboxylic acids is 2. The smallest absolute Gasteiger partial charge is 0.251 e. The molecule has 5 nitrogen and oxygen atoms in total. The van der Waals surface area contributed by atoms with Crippen molar-refractivity contribution in [1.29, 1.82) is 0 Å². The zero-order chi connectivity index (χ0) is 15.1. The Balaban J connectivity index is 2.48. The van der Waals surface area contributed by atoms with Gasteiger partial charge in [0, 0.05) is 24.3 Å². The molecular weight excluding hydrogens is 254 g/mol. The van der Waals surface area contributed by atoms with Crippen molar-refractivity contribution in [3.05, 3.63) is 29.8 Å². The summed E-state index contributed by atoms with van der Waals surface area (Å²) in [6, 6.07) is 6.77. The number of nitrogen functional groups attached to an aromatic ring is 1. The van der Waals surface area contributed by atoms with Crippen molar-refractivity contribution >= 4 is 17.5 Å². The Hall–Kier alpha value is -2.04. The summed E-state index contributed by atoms with van der Waals surface area (Å²) in [6.07, 6.45) is 1.98. The number of hydrogen-bond donors (Lipinski definition) is 2. The third kappa shape index (κ3) is 4.57. The molecule has 0 spiro atoms. The molecular formula is C15H23N3O2. The molecule has 1 aromatic rings. The second-order valence-corrected chi connectivity index (χ2v) is 4.95. The van der Waals surface area contributed by atoms with Crippen LogP contribution in [0.4, 0.5) is 5.69 Å². The lowest BCUT2D eigenvalue weighted by Gasteiger charge is -2.24. The minimum atomic E-state index is -0.269. The number of nitrogens with two attached hydrogens (primary N) is 1. The number of nitrogens with one attached hydrogen (secondary N) is 1. The van der Waals surface area contributed by atoms with E-state index in [2.05, 4.69) is 12.2 Å². The maximum atomic E-state index is 11.9. The molecule has 1 unspecified atom stereocenters. The normalized spacial score (nSPS) is 11.8. The number of rotatable bonds is 6. The van der Waals surface area contributed by atoms with Crippen molar-refractivity contribution in [3.8, 4) is 0 Å². The molecule has 2 amide bonds. The van der Waals surface area contributed by atoms with Crippen LogP contribution in [0.3, 0.4) is 0 Å². The van der Waals surface area contributed by atoms with Gasteiger partial charge in [-0.2, -0.15) is 0 Å². The highest BCUT2D eigenvalue weighted by Crippen LogP contribution is 2.06. The molecule has 1 rings (SSSR count). The van der Waals surface area contributed by atoms with Crippen LogP contribution in [-0.4, -0.2) is 36.3 Å². The van der Waals surface area contributed by atoms with Crippen LogP contribution in [0.2, 0.25) is 0 Å². The molecule has 1 aromatic carbocycles. The molecule has 110 valence electrons.